The van der Waals surface area contributed by atoms with Gasteiger partial charge in [-0.15, -0.1) is 22.7 Å². The normalized spacial score (nSPS) is 15.2. The summed E-state index contributed by atoms with van der Waals surface area (Å²) in [6.45, 7) is 4.21. The van der Waals surface area contributed by atoms with Crippen LogP contribution in [-0.2, 0) is 19.1 Å². The van der Waals surface area contributed by atoms with Crippen LogP contribution in [0.4, 0.5) is 0 Å². The van der Waals surface area contributed by atoms with Crippen molar-refractivity contribution in [2.45, 2.75) is 13.8 Å². The number of Topliss-reactive ketones (excluding diaryl/α,β-unsaturated/α-hetero) is 2. The molecule has 1 aliphatic carbocycles. The molecule has 4 nitrogen and oxygen atoms in total. The van der Waals surface area contributed by atoms with Gasteiger partial charge in [0.25, 0.3) is 0 Å². The Hall–Kier alpha value is -2.18. The zero-order valence-corrected chi connectivity index (χ0v) is 15.0. The highest BCUT2D eigenvalue weighted by Gasteiger charge is 2.39. The predicted octanol–water partition coefficient (Wildman–Crippen LogP) is 4.16. The summed E-state index contributed by atoms with van der Waals surface area (Å²) in [5, 5.41) is 3.73. The Morgan fingerprint density at radius 1 is 0.792 bits per heavy atom. The fourth-order valence-electron chi connectivity index (χ4n) is 2.51. The van der Waals surface area contributed by atoms with E-state index in [0.717, 1.165) is 0 Å². The van der Waals surface area contributed by atoms with Crippen molar-refractivity contribution in [2.24, 2.45) is 0 Å². The Labute approximate surface area is 148 Å². The van der Waals surface area contributed by atoms with E-state index < -0.39 is 0 Å². The second-order valence-corrected chi connectivity index (χ2v) is 6.78. The molecule has 3 rings (SSSR count). The molecule has 24 heavy (non-hydrogen) atoms. The number of ketones is 2. The molecule has 0 unspecified atom stereocenters. The molecular formula is C18H16O4S2. The molecule has 0 spiro atoms. The number of allylic oxidation sites excluding steroid dienone is 2. The number of thiophene rings is 2. The van der Waals surface area contributed by atoms with Crippen LogP contribution in [-0.4, -0.2) is 24.8 Å². The van der Waals surface area contributed by atoms with Crippen LogP contribution in [0.2, 0.25) is 0 Å². The molecule has 0 amide bonds. The van der Waals surface area contributed by atoms with Crippen LogP contribution < -0.4 is 0 Å². The first-order valence-electron chi connectivity index (χ1n) is 7.60. The van der Waals surface area contributed by atoms with Crippen LogP contribution in [0.1, 0.15) is 23.6 Å². The molecule has 0 aliphatic heterocycles. The Kier molecular flexibility index (Phi) is 4.97. The minimum Gasteiger partial charge on any atom is -0.489 e. The number of carbonyl (C=O) groups is 2. The molecule has 0 aromatic carbocycles. The summed E-state index contributed by atoms with van der Waals surface area (Å²) < 4.78 is 11.2. The summed E-state index contributed by atoms with van der Waals surface area (Å²) >= 11 is 2.79. The van der Waals surface area contributed by atoms with Crippen LogP contribution in [0.15, 0.2) is 46.5 Å². The second kappa shape index (κ2) is 7.15. The van der Waals surface area contributed by atoms with E-state index >= 15 is 0 Å². The lowest BCUT2D eigenvalue weighted by molar-refractivity contribution is -0.118. The number of ether oxygens (including phenoxy) is 2. The van der Waals surface area contributed by atoms with Gasteiger partial charge in [-0.2, -0.15) is 0 Å². The van der Waals surface area contributed by atoms with Gasteiger partial charge in [-0.3, -0.25) is 9.59 Å². The van der Waals surface area contributed by atoms with Crippen molar-refractivity contribution in [3.8, 4) is 0 Å². The third-order valence-electron chi connectivity index (χ3n) is 3.43. The van der Waals surface area contributed by atoms with Gasteiger partial charge in [0.05, 0.1) is 24.4 Å². The maximum Gasteiger partial charge on any atom is 0.233 e. The van der Waals surface area contributed by atoms with Crippen molar-refractivity contribution in [3.63, 3.8) is 0 Å². The standard InChI is InChI=1S/C18H16O4S2/c1-3-21-17-13(11-7-5-9-23-11)16(20)18(22-4-2)14(15(17)19)12-8-6-10-24-12/h5-10H,3-4H2,1-2H3. The topological polar surface area (TPSA) is 52.6 Å². The molecule has 0 saturated heterocycles. The Morgan fingerprint density at radius 3 is 1.50 bits per heavy atom. The van der Waals surface area contributed by atoms with Crippen molar-refractivity contribution in [1.82, 2.24) is 0 Å². The minimum absolute atomic E-state index is 0.108. The summed E-state index contributed by atoms with van der Waals surface area (Å²) in [5.74, 6) is -0.384. The Bertz CT molecular complexity index is 741. The summed E-state index contributed by atoms with van der Waals surface area (Å²) in [6.07, 6.45) is 0. The molecule has 0 fully saturated rings. The lowest BCUT2D eigenvalue weighted by Gasteiger charge is -2.22. The average molecular weight is 360 g/mol. The van der Waals surface area contributed by atoms with Crippen molar-refractivity contribution < 1.29 is 19.1 Å². The van der Waals surface area contributed by atoms with E-state index in [1.807, 2.05) is 35.0 Å². The zero-order valence-electron chi connectivity index (χ0n) is 13.3. The fraction of sp³-hybridized carbons (Fsp3) is 0.222. The zero-order chi connectivity index (χ0) is 17.1. The van der Waals surface area contributed by atoms with Crippen LogP contribution in [0, 0.1) is 0 Å². The van der Waals surface area contributed by atoms with Gasteiger partial charge in [-0.1, -0.05) is 12.1 Å². The Morgan fingerprint density at radius 2 is 1.21 bits per heavy atom. The van der Waals surface area contributed by atoms with E-state index in [4.69, 9.17) is 9.47 Å². The highest BCUT2D eigenvalue weighted by Crippen LogP contribution is 2.39. The lowest BCUT2D eigenvalue weighted by atomic mass is 9.91. The van der Waals surface area contributed by atoms with Crippen molar-refractivity contribution in [3.05, 3.63) is 56.3 Å². The van der Waals surface area contributed by atoms with E-state index in [0.29, 0.717) is 34.1 Å². The highest BCUT2D eigenvalue weighted by molar-refractivity contribution is 7.12. The van der Waals surface area contributed by atoms with E-state index in [9.17, 15) is 9.59 Å². The summed E-state index contributed by atoms with van der Waals surface area (Å²) in [4.78, 5) is 27.6. The number of carbonyl (C=O) groups excluding carboxylic acids is 2. The summed E-state index contributed by atoms with van der Waals surface area (Å²) in [5.41, 5.74) is 0.584. The van der Waals surface area contributed by atoms with Gasteiger partial charge in [0.15, 0.2) is 11.5 Å². The van der Waals surface area contributed by atoms with Gasteiger partial charge < -0.3 is 9.47 Å². The number of rotatable bonds is 6. The quantitative estimate of drug-likeness (QED) is 0.726. The van der Waals surface area contributed by atoms with E-state index in [2.05, 4.69) is 0 Å². The first kappa shape index (κ1) is 16.7. The Balaban J connectivity index is 2.21. The second-order valence-electron chi connectivity index (χ2n) is 4.89. The molecule has 2 aromatic rings. The SMILES string of the molecule is CCOC1=C(c2cccs2)C(=O)C(OCC)=C(c2cccs2)C1=O. The van der Waals surface area contributed by atoms with Crippen LogP contribution in [0.5, 0.6) is 0 Å². The van der Waals surface area contributed by atoms with Crippen molar-refractivity contribution in [2.75, 3.05) is 13.2 Å². The van der Waals surface area contributed by atoms with Crippen LogP contribution in [0.25, 0.3) is 11.1 Å². The molecule has 2 aromatic heterocycles. The van der Waals surface area contributed by atoms with Gasteiger partial charge in [0.2, 0.25) is 11.6 Å². The van der Waals surface area contributed by atoms with Gasteiger partial charge in [0, 0.05) is 9.75 Å². The molecular weight excluding hydrogens is 344 g/mol. The van der Waals surface area contributed by atoms with Crippen LogP contribution in [0.3, 0.4) is 0 Å². The van der Waals surface area contributed by atoms with Gasteiger partial charge >= 0.3 is 0 Å². The summed E-state index contributed by atoms with van der Waals surface area (Å²) in [7, 11) is 0. The summed E-state index contributed by atoms with van der Waals surface area (Å²) in [6, 6.07) is 7.30. The first-order valence-corrected chi connectivity index (χ1v) is 9.36. The largest absolute Gasteiger partial charge is 0.489 e. The maximum atomic E-state index is 13.1. The molecule has 2 heterocycles. The van der Waals surface area contributed by atoms with Crippen molar-refractivity contribution >= 4 is 45.4 Å². The van der Waals surface area contributed by atoms with E-state index in [-0.39, 0.29) is 23.1 Å². The third kappa shape index (κ3) is 2.83. The highest BCUT2D eigenvalue weighted by atomic mass is 32.1. The van der Waals surface area contributed by atoms with Crippen LogP contribution >= 0.6 is 22.7 Å². The molecule has 1 aliphatic rings. The molecule has 0 atom stereocenters. The molecule has 0 saturated carbocycles. The minimum atomic E-state index is -0.300. The number of hydrogen-bond acceptors (Lipinski definition) is 6. The average Bonchev–Trinajstić information content (AvgIpc) is 3.26. The monoisotopic (exact) mass is 360 g/mol. The van der Waals surface area contributed by atoms with E-state index in [1.54, 1.807) is 13.8 Å². The molecule has 0 radical (unpaired) electrons. The molecule has 0 bridgehead atoms. The van der Waals surface area contributed by atoms with Crippen molar-refractivity contribution in [1.29, 1.82) is 0 Å². The molecule has 0 N–H and O–H groups in total. The third-order valence-corrected chi connectivity index (χ3v) is 5.21. The van der Waals surface area contributed by atoms with Gasteiger partial charge in [-0.05, 0) is 36.7 Å². The smallest absolute Gasteiger partial charge is 0.233 e. The molecule has 124 valence electrons. The number of hydrogen-bond donors (Lipinski definition) is 0. The molecule has 6 heteroatoms. The van der Waals surface area contributed by atoms with Gasteiger partial charge in [-0.25, -0.2) is 0 Å². The van der Waals surface area contributed by atoms with Gasteiger partial charge in [0.1, 0.15) is 0 Å². The fourth-order valence-corrected chi connectivity index (χ4v) is 4.04. The first-order chi connectivity index (χ1) is 11.7. The lowest BCUT2D eigenvalue weighted by Crippen LogP contribution is -2.25. The maximum absolute atomic E-state index is 13.1. The van der Waals surface area contributed by atoms with E-state index in [1.165, 1.54) is 22.7 Å². The predicted molar refractivity (Wildman–Crippen MR) is 95.7 cm³/mol.